The van der Waals surface area contributed by atoms with Crippen molar-refractivity contribution in [1.82, 2.24) is 5.43 Å². The Balaban J connectivity index is 1.92. The Hall–Kier alpha value is -3.14. The molecule has 1 aliphatic heterocycles. The average molecular weight is 382 g/mol. The van der Waals surface area contributed by atoms with Crippen molar-refractivity contribution in [2.24, 2.45) is 0 Å². The van der Waals surface area contributed by atoms with Gasteiger partial charge in [-0.3, -0.25) is 15.0 Å². The maximum Gasteiger partial charge on any atom is 0.416 e. The van der Waals surface area contributed by atoms with Gasteiger partial charge in [0.1, 0.15) is 5.57 Å². The molecule has 10 heteroatoms. The van der Waals surface area contributed by atoms with Gasteiger partial charge in [-0.25, -0.2) is 9.80 Å². The number of rotatable bonds is 3. The van der Waals surface area contributed by atoms with E-state index in [1.807, 2.05) is 0 Å². The SMILES string of the molecule is O=C1NN(c2cccc(C(F)(F)F)c2)C(=O)/C1=C/c1cc(C(=O)O)cs1. The molecule has 1 aromatic carbocycles. The van der Waals surface area contributed by atoms with Gasteiger partial charge in [0.2, 0.25) is 0 Å². The number of hydrogen-bond donors (Lipinski definition) is 2. The summed E-state index contributed by atoms with van der Waals surface area (Å²) in [6.45, 7) is 0. The van der Waals surface area contributed by atoms with E-state index in [0.29, 0.717) is 4.88 Å². The van der Waals surface area contributed by atoms with Crippen LogP contribution in [0.25, 0.3) is 6.08 Å². The molecule has 0 aliphatic carbocycles. The van der Waals surface area contributed by atoms with Gasteiger partial charge in [0.25, 0.3) is 11.8 Å². The van der Waals surface area contributed by atoms with Gasteiger partial charge < -0.3 is 5.11 Å². The van der Waals surface area contributed by atoms with Gasteiger partial charge in [-0.15, -0.1) is 11.3 Å². The van der Waals surface area contributed by atoms with Gasteiger partial charge >= 0.3 is 12.1 Å². The van der Waals surface area contributed by atoms with Crippen molar-refractivity contribution in [2.45, 2.75) is 6.18 Å². The summed E-state index contributed by atoms with van der Waals surface area (Å²) in [6.07, 6.45) is -3.39. The van der Waals surface area contributed by atoms with Crippen LogP contribution in [0.15, 0.2) is 41.3 Å². The van der Waals surface area contributed by atoms with Gasteiger partial charge in [0.05, 0.1) is 16.8 Å². The lowest BCUT2D eigenvalue weighted by Crippen LogP contribution is -2.35. The number of carbonyl (C=O) groups is 3. The minimum Gasteiger partial charge on any atom is -0.478 e. The highest BCUT2D eigenvalue weighted by atomic mass is 32.1. The summed E-state index contributed by atoms with van der Waals surface area (Å²) in [5.41, 5.74) is 0.795. The Morgan fingerprint density at radius 1 is 1.23 bits per heavy atom. The van der Waals surface area contributed by atoms with Crippen molar-refractivity contribution in [3.63, 3.8) is 0 Å². The zero-order chi connectivity index (χ0) is 19.1. The molecule has 2 N–H and O–H groups in total. The number of amides is 2. The Bertz CT molecular complexity index is 949. The number of benzene rings is 1. The molecule has 0 radical (unpaired) electrons. The van der Waals surface area contributed by atoms with Crippen LogP contribution in [-0.2, 0) is 15.8 Å². The van der Waals surface area contributed by atoms with E-state index in [0.717, 1.165) is 34.5 Å². The van der Waals surface area contributed by atoms with Crippen LogP contribution >= 0.6 is 11.3 Å². The molecule has 1 aromatic heterocycles. The number of anilines is 1. The van der Waals surface area contributed by atoms with Gasteiger partial charge in [-0.05, 0) is 30.3 Å². The fourth-order valence-corrected chi connectivity index (χ4v) is 3.06. The summed E-state index contributed by atoms with van der Waals surface area (Å²) in [5.74, 6) is -2.78. The molecule has 0 atom stereocenters. The predicted octanol–water partition coefficient (Wildman–Crippen LogP) is 2.93. The summed E-state index contributed by atoms with van der Waals surface area (Å²) in [4.78, 5) is 35.6. The highest BCUT2D eigenvalue weighted by Gasteiger charge is 2.36. The first kappa shape index (κ1) is 17.7. The smallest absolute Gasteiger partial charge is 0.416 e. The number of thiophene rings is 1. The molecular formula is C16H9F3N2O4S. The van der Waals surface area contributed by atoms with E-state index in [4.69, 9.17) is 5.11 Å². The maximum absolute atomic E-state index is 12.8. The molecule has 26 heavy (non-hydrogen) atoms. The zero-order valence-electron chi connectivity index (χ0n) is 12.7. The molecule has 2 heterocycles. The standard InChI is InChI=1S/C16H9F3N2O4S/c17-16(18,19)9-2-1-3-10(5-9)21-14(23)12(13(22)20-21)6-11-4-8(7-26-11)15(24)25/h1-7H,(H,20,22)(H,24,25)/b12-6+. The largest absolute Gasteiger partial charge is 0.478 e. The molecular weight excluding hydrogens is 373 g/mol. The monoisotopic (exact) mass is 382 g/mol. The van der Waals surface area contributed by atoms with E-state index in [2.05, 4.69) is 5.43 Å². The van der Waals surface area contributed by atoms with E-state index in [-0.39, 0.29) is 16.8 Å². The summed E-state index contributed by atoms with van der Waals surface area (Å²) < 4.78 is 38.4. The summed E-state index contributed by atoms with van der Waals surface area (Å²) in [6, 6.07) is 5.26. The van der Waals surface area contributed by atoms with Crippen molar-refractivity contribution in [3.05, 3.63) is 57.3 Å². The topological polar surface area (TPSA) is 86.7 Å². The number of carbonyl (C=O) groups excluding carboxylic acids is 2. The van der Waals surface area contributed by atoms with Crippen LogP contribution in [0.4, 0.5) is 18.9 Å². The molecule has 0 spiro atoms. The number of carboxylic acids is 1. The van der Waals surface area contributed by atoms with Gasteiger partial charge in [0.15, 0.2) is 0 Å². The zero-order valence-corrected chi connectivity index (χ0v) is 13.5. The summed E-state index contributed by atoms with van der Waals surface area (Å²) in [7, 11) is 0. The fourth-order valence-electron chi connectivity index (χ4n) is 2.24. The minimum atomic E-state index is -4.59. The predicted molar refractivity (Wildman–Crippen MR) is 86.3 cm³/mol. The lowest BCUT2D eigenvalue weighted by molar-refractivity contribution is -0.137. The van der Waals surface area contributed by atoms with Crippen molar-refractivity contribution >= 4 is 40.9 Å². The molecule has 3 rings (SSSR count). The number of halogens is 3. The Morgan fingerprint density at radius 2 is 1.96 bits per heavy atom. The second-order valence-corrected chi connectivity index (χ2v) is 6.17. The van der Waals surface area contributed by atoms with Crippen LogP contribution in [-0.4, -0.2) is 22.9 Å². The Labute approximate surface area is 148 Å². The quantitative estimate of drug-likeness (QED) is 0.631. The van der Waals surface area contributed by atoms with Crippen LogP contribution in [0.5, 0.6) is 0 Å². The molecule has 134 valence electrons. The number of alkyl halides is 3. The second kappa shape index (κ2) is 6.30. The number of nitrogens with one attached hydrogen (secondary N) is 1. The Morgan fingerprint density at radius 3 is 2.58 bits per heavy atom. The van der Waals surface area contributed by atoms with Crippen molar-refractivity contribution in [2.75, 3.05) is 5.01 Å². The number of hydrogen-bond acceptors (Lipinski definition) is 4. The normalized spacial score (nSPS) is 16.3. The fraction of sp³-hybridized carbons (Fsp3) is 0.0625. The summed E-state index contributed by atoms with van der Waals surface area (Å²) >= 11 is 1.01. The van der Waals surface area contributed by atoms with Crippen molar-refractivity contribution in [1.29, 1.82) is 0 Å². The van der Waals surface area contributed by atoms with Gasteiger partial charge in [-0.2, -0.15) is 13.2 Å². The third-order valence-corrected chi connectivity index (χ3v) is 4.36. The first-order valence-corrected chi connectivity index (χ1v) is 7.91. The molecule has 1 saturated heterocycles. The number of nitrogens with zero attached hydrogens (tertiary/aromatic N) is 1. The van der Waals surface area contributed by atoms with Crippen LogP contribution in [0.2, 0.25) is 0 Å². The summed E-state index contributed by atoms with van der Waals surface area (Å²) in [5, 5.41) is 10.9. The molecule has 2 amide bonds. The van der Waals surface area contributed by atoms with E-state index >= 15 is 0 Å². The minimum absolute atomic E-state index is 0.00226. The average Bonchev–Trinajstić information content (AvgIpc) is 3.15. The highest BCUT2D eigenvalue weighted by Crippen LogP contribution is 2.32. The number of carboxylic acid groups (broad SMARTS) is 1. The maximum atomic E-state index is 12.8. The van der Waals surface area contributed by atoms with Crippen LogP contribution in [0, 0.1) is 0 Å². The van der Waals surface area contributed by atoms with E-state index in [9.17, 15) is 27.6 Å². The number of aromatic carboxylic acids is 1. The third-order valence-electron chi connectivity index (χ3n) is 3.48. The number of hydrazine groups is 1. The molecule has 1 fully saturated rings. The molecule has 2 aromatic rings. The van der Waals surface area contributed by atoms with E-state index in [1.165, 1.54) is 23.6 Å². The molecule has 0 unspecified atom stereocenters. The van der Waals surface area contributed by atoms with Crippen LogP contribution < -0.4 is 10.4 Å². The second-order valence-electron chi connectivity index (χ2n) is 5.23. The molecule has 0 bridgehead atoms. The first-order valence-electron chi connectivity index (χ1n) is 7.03. The third kappa shape index (κ3) is 3.31. The van der Waals surface area contributed by atoms with Crippen LogP contribution in [0.1, 0.15) is 20.8 Å². The first-order chi connectivity index (χ1) is 12.2. The van der Waals surface area contributed by atoms with Gasteiger partial charge in [-0.1, -0.05) is 6.07 Å². The Kier molecular flexibility index (Phi) is 4.28. The van der Waals surface area contributed by atoms with Crippen molar-refractivity contribution < 1.29 is 32.7 Å². The van der Waals surface area contributed by atoms with E-state index < -0.39 is 29.5 Å². The molecule has 0 saturated carbocycles. The van der Waals surface area contributed by atoms with E-state index in [1.54, 1.807) is 0 Å². The lowest BCUT2D eigenvalue weighted by Gasteiger charge is -2.16. The van der Waals surface area contributed by atoms with Crippen LogP contribution in [0.3, 0.4) is 0 Å². The van der Waals surface area contributed by atoms with Gasteiger partial charge in [0, 0.05) is 10.3 Å². The molecule has 6 nitrogen and oxygen atoms in total. The lowest BCUT2D eigenvalue weighted by atomic mass is 10.1. The highest BCUT2D eigenvalue weighted by molar-refractivity contribution is 7.11. The molecule has 1 aliphatic rings. The van der Waals surface area contributed by atoms with Crippen molar-refractivity contribution in [3.8, 4) is 0 Å².